The zero-order valence-corrected chi connectivity index (χ0v) is 9.95. The number of fused-ring (bicyclic) bond motifs is 1. The van der Waals surface area contributed by atoms with Gasteiger partial charge in [-0.15, -0.1) is 0 Å². The number of halogens is 1. The molecule has 0 aliphatic heterocycles. The molecule has 2 aromatic heterocycles. The van der Waals surface area contributed by atoms with Gasteiger partial charge in [0, 0.05) is 17.1 Å². The Bertz CT molecular complexity index is 498. The van der Waals surface area contributed by atoms with Crippen LogP contribution in [0, 0.1) is 0 Å². The molecule has 0 radical (unpaired) electrons. The van der Waals surface area contributed by atoms with Crippen LogP contribution < -0.4 is 0 Å². The van der Waals surface area contributed by atoms with Crippen molar-refractivity contribution in [1.82, 2.24) is 9.61 Å². The van der Waals surface area contributed by atoms with Crippen LogP contribution in [0.1, 0.15) is 43.7 Å². The molecule has 0 spiro atoms. The lowest BCUT2D eigenvalue weighted by Gasteiger charge is -2.19. The smallest absolute Gasteiger partial charge is 0.0679 e. The van der Waals surface area contributed by atoms with E-state index in [0.717, 1.165) is 10.5 Å². The zero-order valence-electron chi connectivity index (χ0n) is 9.19. The Morgan fingerprint density at radius 1 is 1.19 bits per heavy atom. The second-order valence-corrected chi connectivity index (χ2v) is 5.05. The van der Waals surface area contributed by atoms with E-state index in [1.807, 2.05) is 22.8 Å². The van der Waals surface area contributed by atoms with Crippen molar-refractivity contribution < 1.29 is 0 Å². The molecule has 16 heavy (non-hydrogen) atoms. The van der Waals surface area contributed by atoms with Crippen molar-refractivity contribution in [3.63, 3.8) is 0 Å². The maximum atomic E-state index is 5.97. The van der Waals surface area contributed by atoms with Gasteiger partial charge in [0.15, 0.2) is 0 Å². The molecule has 3 heteroatoms. The predicted octanol–water partition coefficient (Wildman–Crippen LogP) is 4.04. The molecule has 0 N–H and O–H groups in total. The van der Waals surface area contributed by atoms with Crippen molar-refractivity contribution in [1.29, 1.82) is 0 Å². The summed E-state index contributed by atoms with van der Waals surface area (Å²) in [5.41, 5.74) is 2.34. The summed E-state index contributed by atoms with van der Waals surface area (Å²) in [5.74, 6) is 0.660. The van der Waals surface area contributed by atoms with Gasteiger partial charge in [0.05, 0.1) is 11.2 Å². The molecule has 0 amide bonds. The molecule has 0 atom stereocenters. The maximum absolute atomic E-state index is 5.97. The lowest BCUT2D eigenvalue weighted by Crippen LogP contribution is -2.05. The van der Waals surface area contributed by atoms with E-state index < -0.39 is 0 Å². The molecule has 2 heterocycles. The van der Waals surface area contributed by atoms with Gasteiger partial charge in [0.2, 0.25) is 0 Å². The average molecular weight is 235 g/mol. The van der Waals surface area contributed by atoms with Crippen LogP contribution in [-0.4, -0.2) is 9.61 Å². The fraction of sp³-hybridized carbons (Fsp3) is 0.462. The van der Waals surface area contributed by atoms with Crippen LogP contribution >= 0.6 is 11.6 Å². The van der Waals surface area contributed by atoms with Crippen molar-refractivity contribution >= 4 is 17.1 Å². The Morgan fingerprint density at radius 3 is 2.81 bits per heavy atom. The van der Waals surface area contributed by atoms with E-state index in [1.165, 1.54) is 37.8 Å². The Labute approximate surface area is 100 Å². The first-order valence-electron chi connectivity index (χ1n) is 5.98. The number of hydrogen-bond donors (Lipinski definition) is 0. The van der Waals surface area contributed by atoms with Crippen LogP contribution in [0.2, 0.25) is 5.02 Å². The van der Waals surface area contributed by atoms with Gasteiger partial charge in [0.25, 0.3) is 0 Å². The third-order valence-corrected chi connectivity index (χ3v) is 3.70. The third-order valence-electron chi connectivity index (χ3n) is 3.47. The maximum Gasteiger partial charge on any atom is 0.0679 e. The summed E-state index contributed by atoms with van der Waals surface area (Å²) in [6, 6.07) is 6.04. The summed E-state index contributed by atoms with van der Waals surface area (Å²) < 4.78 is 1.93. The van der Waals surface area contributed by atoms with E-state index in [-0.39, 0.29) is 0 Å². The van der Waals surface area contributed by atoms with Crippen molar-refractivity contribution in [3.05, 3.63) is 35.1 Å². The van der Waals surface area contributed by atoms with E-state index in [1.54, 1.807) is 0 Å². The first-order valence-corrected chi connectivity index (χ1v) is 6.35. The molecule has 0 aromatic carbocycles. The summed E-state index contributed by atoms with van der Waals surface area (Å²) in [6.07, 6.45) is 8.59. The molecule has 0 unspecified atom stereocenters. The molecule has 3 rings (SSSR count). The number of rotatable bonds is 1. The fourth-order valence-electron chi connectivity index (χ4n) is 2.58. The molecular weight excluding hydrogens is 220 g/mol. The molecule has 1 aliphatic carbocycles. The second kappa shape index (κ2) is 4.10. The van der Waals surface area contributed by atoms with Crippen LogP contribution in [0.5, 0.6) is 0 Å². The fourth-order valence-corrected chi connectivity index (χ4v) is 2.75. The van der Waals surface area contributed by atoms with Crippen molar-refractivity contribution in [2.75, 3.05) is 0 Å². The second-order valence-electron chi connectivity index (χ2n) is 4.62. The third kappa shape index (κ3) is 1.82. The van der Waals surface area contributed by atoms with E-state index in [2.05, 4.69) is 11.2 Å². The van der Waals surface area contributed by atoms with E-state index in [9.17, 15) is 0 Å². The Balaban J connectivity index is 1.97. The molecule has 84 valence electrons. The van der Waals surface area contributed by atoms with Crippen molar-refractivity contribution in [2.24, 2.45) is 0 Å². The normalized spacial score (nSPS) is 18.1. The lowest BCUT2D eigenvalue weighted by molar-refractivity contribution is 0.435. The van der Waals surface area contributed by atoms with E-state index in [0.29, 0.717) is 5.92 Å². The average Bonchev–Trinajstić information content (AvgIpc) is 2.73. The Hall–Kier alpha value is -1.02. The first kappa shape index (κ1) is 10.2. The molecule has 2 nitrogen and oxygen atoms in total. The number of pyridine rings is 1. The molecular formula is C13H15ClN2. The van der Waals surface area contributed by atoms with Gasteiger partial charge in [-0.25, -0.2) is 4.52 Å². The zero-order chi connectivity index (χ0) is 11.0. The number of nitrogens with zero attached hydrogens (tertiary/aromatic N) is 2. The van der Waals surface area contributed by atoms with E-state index >= 15 is 0 Å². The predicted molar refractivity (Wildman–Crippen MR) is 66.0 cm³/mol. The molecule has 2 aromatic rings. The minimum atomic E-state index is 0.660. The highest BCUT2D eigenvalue weighted by molar-refractivity contribution is 6.30. The van der Waals surface area contributed by atoms with Gasteiger partial charge in [-0.05, 0) is 31.0 Å². The number of aromatic nitrogens is 2. The summed E-state index contributed by atoms with van der Waals surface area (Å²) in [7, 11) is 0. The molecule has 0 bridgehead atoms. The van der Waals surface area contributed by atoms with Gasteiger partial charge in [-0.1, -0.05) is 30.9 Å². The lowest BCUT2D eigenvalue weighted by atomic mass is 9.87. The molecule has 1 fully saturated rings. The van der Waals surface area contributed by atoms with Crippen LogP contribution in [0.3, 0.4) is 0 Å². The van der Waals surface area contributed by atoms with E-state index in [4.69, 9.17) is 11.6 Å². The van der Waals surface area contributed by atoms with Gasteiger partial charge in [-0.2, -0.15) is 5.10 Å². The van der Waals surface area contributed by atoms with Crippen LogP contribution in [0.25, 0.3) is 5.52 Å². The summed E-state index contributed by atoms with van der Waals surface area (Å²) in [4.78, 5) is 0. The summed E-state index contributed by atoms with van der Waals surface area (Å²) >= 11 is 5.97. The van der Waals surface area contributed by atoms with Gasteiger partial charge in [-0.3, -0.25) is 0 Å². The van der Waals surface area contributed by atoms with Crippen LogP contribution in [0.15, 0.2) is 24.4 Å². The van der Waals surface area contributed by atoms with Gasteiger partial charge in [0.1, 0.15) is 0 Å². The quantitative estimate of drug-likeness (QED) is 0.728. The molecule has 0 saturated heterocycles. The number of hydrogen-bond acceptors (Lipinski definition) is 1. The summed E-state index contributed by atoms with van der Waals surface area (Å²) in [6.45, 7) is 0. The highest BCUT2D eigenvalue weighted by Gasteiger charge is 2.18. The standard InChI is InChI=1S/C13H15ClN2/c14-11-6-7-16-12(8-11)9-13(15-16)10-4-2-1-3-5-10/h6-10H,1-5H2. The minimum Gasteiger partial charge on any atom is -0.241 e. The van der Waals surface area contributed by atoms with Crippen molar-refractivity contribution in [3.8, 4) is 0 Å². The molecule has 1 saturated carbocycles. The van der Waals surface area contributed by atoms with Gasteiger partial charge < -0.3 is 0 Å². The Morgan fingerprint density at radius 2 is 2.00 bits per heavy atom. The van der Waals surface area contributed by atoms with Gasteiger partial charge >= 0.3 is 0 Å². The molecule has 1 aliphatic rings. The Kier molecular flexibility index (Phi) is 2.60. The van der Waals surface area contributed by atoms with Crippen LogP contribution in [-0.2, 0) is 0 Å². The summed E-state index contributed by atoms with van der Waals surface area (Å²) in [5, 5.41) is 5.42. The van der Waals surface area contributed by atoms with Crippen molar-refractivity contribution in [2.45, 2.75) is 38.0 Å². The highest BCUT2D eigenvalue weighted by Crippen LogP contribution is 2.32. The SMILES string of the molecule is Clc1ccn2nc(C3CCCCC3)cc2c1. The monoisotopic (exact) mass is 234 g/mol. The topological polar surface area (TPSA) is 17.3 Å². The first-order chi connectivity index (χ1) is 7.83. The van der Waals surface area contributed by atoms with Crippen LogP contribution in [0.4, 0.5) is 0 Å². The highest BCUT2D eigenvalue weighted by atomic mass is 35.5. The minimum absolute atomic E-state index is 0.660. The largest absolute Gasteiger partial charge is 0.241 e.